The minimum atomic E-state index is -0.121. The van der Waals surface area contributed by atoms with Gasteiger partial charge < -0.3 is 20.1 Å². The number of ether oxygens (including phenoxy) is 1. The first kappa shape index (κ1) is 16.8. The standard InChI is InChI=1S/C20H21N3O3/c24-12-19-22-17-7-6-14(10-18(17)23-19)13-3-1-4-15(9-13)20(25)21-11-16-5-2-8-26-16/h1,3-4,6-7,9-10,16,24H,2,5,8,11-12H2,(H,21,25)(H,22,23)/t16-/m0/s1. The van der Waals surface area contributed by atoms with Gasteiger partial charge >= 0.3 is 0 Å². The summed E-state index contributed by atoms with van der Waals surface area (Å²) in [6.45, 7) is 1.21. The van der Waals surface area contributed by atoms with Gasteiger partial charge in [-0.1, -0.05) is 18.2 Å². The third kappa shape index (κ3) is 3.47. The third-order valence-electron chi connectivity index (χ3n) is 4.65. The molecule has 0 bridgehead atoms. The number of nitrogens with zero attached hydrogens (tertiary/aromatic N) is 1. The van der Waals surface area contributed by atoms with Crippen molar-refractivity contribution in [2.45, 2.75) is 25.6 Å². The smallest absolute Gasteiger partial charge is 0.251 e. The first-order valence-corrected chi connectivity index (χ1v) is 8.82. The molecule has 6 nitrogen and oxygen atoms in total. The Morgan fingerprint density at radius 3 is 2.96 bits per heavy atom. The molecular formula is C20H21N3O3. The van der Waals surface area contributed by atoms with Crippen LogP contribution in [0.3, 0.4) is 0 Å². The van der Waals surface area contributed by atoms with Gasteiger partial charge in [0.05, 0.1) is 17.1 Å². The van der Waals surface area contributed by atoms with Crippen LogP contribution < -0.4 is 5.32 Å². The number of nitrogens with one attached hydrogen (secondary N) is 2. The number of imidazole rings is 1. The Morgan fingerprint density at radius 1 is 1.27 bits per heavy atom. The van der Waals surface area contributed by atoms with Crippen molar-refractivity contribution in [3.05, 3.63) is 53.9 Å². The summed E-state index contributed by atoms with van der Waals surface area (Å²) in [6.07, 6.45) is 2.19. The van der Waals surface area contributed by atoms with Gasteiger partial charge in [-0.2, -0.15) is 0 Å². The number of hydrogen-bond acceptors (Lipinski definition) is 4. The summed E-state index contributed by atoms with van der Waals surface area (Å²) in [5.41, 5.74) is 4.24. The molecule has 1 atom stereocenters. The van der Waals surface area contributed by atoms with Crippen LogP contribution in [0.15, 0.2) is 42.5 Å². The molecule has 0 aliphatic carbocycles. The Bertz CT molecular complexity index is 929. The van der Waals surface area contributed by atoms with Gasteiger partial charge in [0.25, 0.3) is 5.91 Å². The lowest BCUT2D eigenvalue weighted by Crippen LogP contribution is -2.31. The van der Waals surface area contributed by atoms with E-state index in [1.807, 2.05) is 42.5 Å². The quantitative estimate of drug-likeness (QED) is 0.659. The molecular weight excluding hydrogens is 330 g/mol. The summed E-state index contributed by atoms with van der Waals surface area (Å²) in [5.74, 6) is 0.451. The van der Waals surface area contributed by atoms with Crippen LogP contribution in [0.4, 0.5) is 0 Å². The molecule has 134 valence electrons. The van der Waals surface area contributed by atoms with Crippen LogP contribution in [0.5, 0.6) is 0 Å². The molecule has 0 radical (unpaired) electrons. The van der Waals surface area contributed by atoms with Crippen molar-refractivity contribution in [1.82, 2.24) is 15.3 Å². The van der Waals surface area contributed by atoms with Crippen LogP contribution >= 0.6 is 0 Å². The topological polar surface area (TPSA) is 87.2 Å². The van der Waals surface area contributed by atoms with E-state index in [0.717, 1.165) is 41.6 Å². The maximum absolute atomic E-state index is 12.4. The number of aliphatic hydroxyl groups is 1. The highest BCUT2D eigenvalue weighted by molar-refractivity contribution is 5.95. The molecule has 2 heterocycles. The predicted molar refractivity (Wildman–Crippen MR) is 98.8 cm³/mol. The van der Waals surface area contributed by atoms with Crippen molar-refractivity contribution in [3.63, 3.8) is 0 Å². The minimum Gasteiger partial charge on any atom is -0.388 e. The van der Waals surface area contributed by atoms with E-state index in [9.17, 15) is 9.90 Å². The molecule has 1 saturated heterocycles. The van der Waals surface area contributed by atoms with Crippen LogP contribution in [0.2, 0.25) is 0 Å². The normalized spacial score (nSPS) is 16.9. The van der Waals surface area contributed by atoms with Gasteiger partial charge in [0, 0.05) is 18.7 Å². The average Bonchev–Trinajstić information content (AvgIpc) is 3.34. The Balaban J connectivity index is 1.53. The Hall–Kier alpha value is -2.70. The van der Waals surface area contributed by atoms with Crippen LogP contribution in [0, 0.1) is 0 Å². The van der Waals surface area contributed by atoms with Crippen LogP contribution in [-0.2, 0) is 11.3 Å². The summed E-state index contributed by atoms with van der Waals surface area (Å²) < 4.78 is 5.54. The molecule has 1 aliphatic rings. The highest BCUT2D eigenvalue weighted by atomic mass is 16.5. The lowest BCUT2D eigenvalue weighted by Gasteiger charge is -2.11. The zero-order chi connectivity index (χ0) is 17.9. The van der Waals surface area contributed by atoms with Crippen molar-refractivity contribution in [3.8, 4) is 11.1 Å². The second-order valence-electron chi connectivity index (χ2n) is 6.50. The summed E-state index contributed by atoms with van der Waals surface area (Å²) >= 11 is 0. The second kappa shape index (κ2) is 7.27. The molecule has 0 spiro atoms. The summed E-state index contributed by atoms with van der Waals surface area (Å²) in [7, 11) is 0. The molecule has 26 heavy (non-hydrogen) atoms. The van der Waals surface area contributed by atoms with E-state index in [-0.39, 0.29) is 18.6 Å². The zero-order valence-electron chi connectivity index (χ0n) is 14.4. The number of fused-ring (bicyclic) bond motifs is 1. The lowest BCUT2D eigenvalue weighted by atomic mass is 10.0. The van der Waals surface area contributed by atoms with Crippen molar-refractivity contribution in [2.24, 2.45) is 0 Å². The number of benzene rings is 2. The molecule has 1 amide bonds. The molecule has 1 fully saturated rings. The highest BCUT2D eigenvalue weighted by Crippen LogP contribution is 2.24. The number of amides is 1. The van der Waals surface area contributed by atoms with Crippen LogP contribution in [0.1, 0.15) is 29.0 Å². The van der Waals surface area contributed by atoms with Crippen molar-refractivity contribution in [1.29, 1.82) is 0 Å². The number of H-pyrrole nitrogens is 1. The van der Waals surface area contributed by atoms with Gasteiger partial charge in [0.1, 0.15) is 12.4 Å². The number of hydrogen-bond donors (Lipinski definition) is 3. The zero-order valence-corrected chi connectivity index (χ0v) is 14.4. The molecule has 3 aromatic rings. The second-order valence-corrected chi connectivity index (χ2v) is 6.50. The van der Waals surface area contributed by atoms with Crippen molar-refractivity contribution < 1.29 is 14.6 Å². The predicted octanol–water partition coefficient (Wildman–Crippen LogP) is 2.63. The van der Waals surface area contributed by atoms with Gasteiger partial charge in [-0.25, -0.2) is 4.98 Å². The van der Waals surface area contributed by atoms with E-state index in [1.165, 1.54) is 0 Å². The molecule has 0 saturated carbocycles. The highest BCUT2D eigenvalue weighted by Gasteiger charge is 2.17. The Morgan fingerprint density at radius 2 is 2.15 bits per heavy atom. The van der Waals surface area contributed by atoms with E-state index in [4.69, 9.17) is 4.74 Å². The van der Waals surface area contributed by atoms with E-state index in [1.54, 1.807) is 0 Å². The van der Waals surface area contributed by atoms with Gasteiger partial charge in [-0.05, 0) is 48.2 Å². The average molecular weight is 351 g/mol. The summed E-state index contributed by atoms with van der Waals surface area (Å²) in [6, 6.07) is 13.4. The Labute approximate surface area is 151 Å². The van der Waals surface area contributed by atoms with Crippen molar-refractivity contribution in [2.75, 3.05) is 13.2 Å². The lowest BCUT2D eigenvalue weighted by molar-refractivity contribution is 0.0858. The summed E-state index contributed by atoms with van der Waals surface area (Å²) in [5, 5.41) is 12.2. The van der Waals surface area contributed by atoms with Gasteiger partial charge in [0.2, 0.25) is 0 Å². The SMILES string of the molecule is O=C(NC[C@@H]1CCCO1)c1cccc(-c2ccc3nc(CO)[nH]c3c2)c1. The molecule has 0 unspecified atom stereocenters. The van der Waals surface area contributed by atoms with E-state index in [0.29, 0.717) is 17.9 Å². The van der Waals surface area contributed by atoms with Gasteiger partial charge in [-0.15, -0.1) is 0 Å². The number of aromatic nitrogens is 2. The van der Waals surface area contributed by atoms with Crippen molar-refractivity contribution >= 4 is 16.9 Å². The summed E-state index contributed by atoms with van der Waals surface area (Å²) in [4.78, 5) is 19.8. The van der Waals surface area contributed by atoms with E-state index < -0.39 is 0 Å². The molecule has 3 N–H and O–H groups in total. The molecule has 1 aromatic heterocycles. The molecule has 1 aliphatic heterocycles. The van der Waals surface area contributed by atoms with E-state index in [2.05, 4.69) is 15.3 Å². The first-order chi connectivity index (χ1) is 12.7. The van der Waals surface area contributed by atoms with Gasteiger partial charge in [0.15, 0.2) is 0 Å². The number of aromatic amines is 1. The number of carbonyl (C=O) groups is 1. The fraction of sp³-hybridized carbons (Fsp3) is 0.300. The van der Waals surface area contributed by atoms with Crippen LogP contribution in [0.25, 0.3) is 22.2 Å². The minimum absolute atomic E-state index is 0.0902. The number of aliphatic hydroxyl groups excluding tert-OH is 1. The maximum Gasteiger partial charge on any atom is 0.251 e. The molecule has 6 heteroatoms. The first-order valence-electron chi connectivity index (χ1n) is 8.82. The number of carbonyl (C=O) groups excluding carboxylic acids is 1. The molecule has 4 rings (SSSR count). The molecule has 2 aromatic carbocycles. The van der Waals surface area contributed by atoms with E-state index >= 15 is 0 Å². The third-order valence-corrected chi connectivity index (χ3v) is 4.65. The van der Waals surface area contributed by atoms with Crippen LogP contribution in [-0.4, -0.2) is 40.2 Å². The monoisotopic (exact) mass is 351 g/mol. The fourth-order valence-electron chi connectivity index (χ4n) is 3.27. The maximum atomic E-state index is 12.4. The largest absolute Gasteiger partial charge is 0.388 e. The fourth-order valence-corrected chi connectivity index (χ4v) is 3.27. The Kier molecular flexibility index (Phi) is 4.69. The van der Waals surface area contributed by atoms with Gasteiger partial charge in [-0.3, -0.25) is 4.79 Å². The number of rotatable bonds is 5.